The lowest BCUT2D eigenvalue weighted by atomic mass is 9.96. The summed E-state index contributed by atoms with van der Waals surface area (Å²) in [6.45, 7) is 20.8. The molecule has 0 fully saturated rings. The molecular formula is C58H113N3O6. The Hall–Kier alpha value is -2.16. The van der Waals surface area contributed by atoms with Crippen LogP contribution in [0.2, 0.25) is 0 Å². The molecule has 0 aromatic rings. The zero-order chi connectivity index (χ0) is 49.4. The van der Waals surface area contributed by atoms with Crippen molar-refractivity contribution in [2.45, 2.75) is 292 Å². The van der Waals surface area contributed by atoms with Gasteiger partial charge in [0.15, 0.2) is 0 Å². The van der Waals surface area contributed by atoms with Crippen molar-refractivity contribution in [3.8, 4) is 0 Å². The van der Waals surface area contributed by atoms with Crippen molar-refractivity contribution < 1.29 is 28.7 Å². The standard InChI is InChI=1S/C58H113N3O6/c1-8-15-20-30-37-47-59-58(65)54(43-33-26-23-24-28-35-45-56(63)66-50-52(39-18-11-4)41-31-21-16-9-2)61(49-38-48-60(13-6)14-7)55(62)44-34-27-25-29-36-46-57(64)67-51-53(40-19-12-5)42-32-22-17-10-3/h52-54H,8-51H2,1-7H3,(H,59,65). The van der Waals surface area contributed by atoms with Crippen LogP contribution < -0.4 is 5.32 Å². The van der Waals surface area contributed by atoms with Crippen LogP contribution in [0.25, 0.3) is 0 Å². The minimum atomic E-state index is -0.452. The summed E-state index contributed by atoms with van der Waals surface area (Å²) < 4.78 is 11.5. The van der Waals surface area contributed by atoms with Gasteiger partial charge in [-0.15, -0.1) is 0 Å². The number of hydrogen-bond donors (Lipinski definition) is 1. The van der Waals surface area contributed by atoms with Crippen molar-refractivity contribution in [1.29, 1.82) is 0 Å². The summed E-state index contributed by atoms with van der Waals surface area (Å²) in [5.74, 6) is 0.962. The van der Waals surface area contributed by atoms with Gasteiger partial charge in [-0.3, -0.25) is 19.2 Å². The first kappa shape index (κ1) is 64.8. The number of carbonyl (C=O) groups is 4. The highest BCUT2D eigenvalue weighted by Gasteiger charge is 2.29. The molecule has 67 heavy (non-hydrogen) atoms. The lowest BCUT2D eigenvalue weighted by Crippen LogP contribution is -2.50. The number of carbonyl (C=O) groups excluding carboxylic acids is 4. The zero-order valence-corrected chi connectivity index (χ0v) is 45.7. The van der Waals surface area contributed by atoms with Gasteiger partial charge in [0.25, 0.3) is 0 Å². The zero-order valence-electron chi connectivity index (χ0n) is 45.7. The third kappa shape index (κ3) is 39.3. The van der Waals surface area contributed by atoms with Crippen LogP contribution in [0.4, 0.5) is 0 Å². The monoisotopic (exact) mass is 948 g/mol. The van der Waals surface area contributed by atoms with Crippen molar-refractivity contribution in [3.63, 3.8) is 0 Å². The highest BCUT2D eigenvalue weighted by Crippen LogP contribution is 2.21. The summed E-state index contributed by atoms with van der Waals surface area (Å²) in [6, 6.07) is -0.452. The molecular weight excluding hydrogens is 835 g/mol. The number of rotatable bonds is 51. The first-order valence-corrected chi connectivity index (χ1v) is 29.3. The Labute approximate surface area is 415 Å². The van der Waals surface area contributed by atoms with Crippen molar-refractivity contribution in [2.24, 2.45) is 11.8 Å². The van der Waals surface area contributed by atoms with Crippen LogP contribution in [-0.2, 0) is 28.7 Å². The quantitative estimate of drug-likeness (QED) is 0.0478. The van der Waals surface area contributed by atoms with Gasteiger partial charge in [-0.05, 0) is 95.7 Å². The molecule has 0 spiro atoms. The van der Waals surface area contributed by atoms with E-state index in [1.807, 2.05) is 4.90 Å². The number of hydrogen-bond acceptors (Lipinski definition) is 7. The third-order valence-electron chi connectivity index (χ3n) is 14.1. The summed E-state index contributed by atoms with van der Waals surface area (Å²) in [6.07, 6.45) is 38.5. The van der Waals surface area contributed by atoms with Gasteiger partial charge >= 0.3 is 11.9 Å². The molecule has 0 rings (SSSR count). The minimum absolute atomic E-state index is 0.00292. The van der Waals surface area contributed by atoms with E-state index in [2.05, 4.69) is 58.7 Å². The second-order valence-corrected chi connectivity index (χ2v) is 20.2. The van der Waals surface area contributed by atoms with Crippen LogP contribution in [0.5, 0.6) is 0 Å². The molecule has 9 heteroatoms. The molecule has 0 aromatic heterocycles. The molecule has 396 valence electrons. The van der Waals surface area contributed by atoms with Crippen LogP contribution in [-0.4, -0.2) is 85.5 Å². The highest BCUT2D eigenvalue weighted by atomic mass is 16.5. The van der Waals surface area contributed by atoms with Gasteiger partial charge in [-0.25, -0.2) is 0 Å². The largest absolute Gasteiger partial charge is 0.465 e. The van der Waals surface area contributed by atoms with Crippen LogP contribution in [0.15, 0.2) is 0 Å². The fourth-order valence-corrected chi connectivity index (χ4v) is 9.37. The lowest BCUT2D eigenvalue weighted by molar-refractivity contribution is -0.146. The first-order valence-electron chi connectivity index (χ1n) is 29.3. The van der Waals surface area contributed by atoms with E-state index in [0.717, 1.165) is 135 Å². The highest BCUT2D eigenvalue weighted by molar-refractivity contribution is 5.87. The van der Waals surface area contributed by atoms with Gasteiger partial charge in [0, 0.05) is 32.4 Å². The van der Waals surface area contributed by atoms with E-state index in [0.29, 0.717) is 63.8 Å². The van der Waals surface area contributed by atoms with Crippen molar-refractivity contribution in [1.82, 2.24) is 15.1 Å². The Morgan fingerprint density at radius 3 is 1.27 bits per heavy atom. The van der Waals surface area contributed by atoms with Crippen molar-refractivity contribution in [2.75, 3.05) is 45.9 Å². The van der Waals surface area contributed by atoms with E-state index < -0.39 is 6.04 Å². The van der Waals surface area contributed by atoms with E-state index >= 15 is 0 Å². The second-order valence-electron chi connectivity index (χ2n) is 20.2. The average molecular weight is 949 g/mol. The van der Waals surface area contributed by atoms with Gasteiger partial charge in [-0.1, -0.05) is 203 Å². The molecule has 3 unspecified atom stereocenters. The molecule has 0 aliphatic heterocycles. The Balaban J connectivity index is 5.20. The SMILES string of the molecule is CCCCCCCNC(=O)C(CCCCCCCCC(=O)OCC(CCCC)CCCCCC)N(CCCN(CC)CC)C(=O)CCCCCCCC(=O)OCC(CCCC)CCCCCC. The van der Waals surface area contributed by atoms with E-state index in [1.165, 1.54) is 96.3 Å². The van der Waals surface area contributed by atoms with Crippen molar-refractivity contribution >= 4 is 23.8 Å². The number of nitrogens with zero attached hydrogens (tertiary/aromatic N) is 2. The predicted molar refractivity (Wildman–Crippen MR) is 284 cm³/mol. The normalized spacial score (nSPS) is 12.8. The van der Waals surface area contributed by atoms with E-state index in [9.17, 15) is 19.2 Å². The fourth-order valence-electron chi connectivity index (χ4n) is 9.37. The molecule has 0 radical (unpaired) electrons. The number of esters is 2. The molecule has 0 saturated carbocycles. The van der Waals surface area contributed by atoms with Gasteiger partial charge in [0.05, 0.1) is 13.2 Å². The van der Waals surface area contributed by atoms with E-state index in [4.69, 9.17) is 9.47 Å². The van der Waals surface area contributed by atoms with Crippen LogP contribution >= 0.6 is 0 Å². The molecule has 0 aliphatic rings. The number of amides is 2. The molecule has 3 atom stereocenters. The van der Waals surface area contributed by atoms with Crippen molar-refractivity contribution in [3.05, 3.63) is 0 Å². The number of unbranched alkanes of at least 4 members (excludes halogenated alkanes) is 21. The molecule has 9 nitrogen and oxygen atoms in total. The van der Waals surface area contributed by atoms with Gasteiger partial charge in [0.1, 0.15) is 6.04 Å². The van der Waals surface area contributed by atoms with Crippen LogP contribution in [0.1, 0.15) is 286 Å². The maximum Gasteiger partial charge on any atom is 0.305 e. The van der Waals surface area contributed by atoms with Gasteiger partial charge < -0.3 is 24.6 Å². The molecule has 0 aromatic carbocycles. The summed E-state index contributed by atoms with van der Waals surface area (Å²) in [4.78, 5) is 57.7. The minimum Gasteiger partial charge on any atom is -0.465 e. The maximum atomic E-state index is 14.1. The number of ether oxygens (including phenoxy) is 2. The molecule has 2 amide bonds. The Morgan fingerprint density at radius 2 is 0.791 bits per heavy atom. The summed E-state index contributed by atoms with van der Waals surface area (Å²) in [5, 5.41) is 3.25. The van der Waals surface area contributed by atoms with E-state index in [1.54, 1.807) is 0 Å². The smallest absolute Gasteiger partial charge is 0.305 e. The molecule has 0 bridgehead atoms. The molecule has 0 aliphatic carbocycles. The second kappa shape index (κ2) is 48.8. The van der Waals surface area contributed by atoms with E-state index in [-0.39, 0.29) is 23.8 Å². The maximum absolute atomic E-state index is 14.1. The topological polar surface area (TPSA) is 105 Å². The number of nitrogens with one attached hydrogen (secondary N) is 1. The molecule has 0 saturated heterocycles. The molecule has 1 N–H and O–H groups in total. The first-order chi connectivity index (χ1) is 32.7. The predicted octanol–water partition coefficient (Wildman–Crippen LogP) is 15.5. The van der Waals surface area contributed by atoms with Crippen LogP contribution in [0, 0.1) is 11.8 Å². The summed E-state index contributed by atoms with van der Waals surface area (Å²) in [7, 11) is 0. The lowest BCUT2D eigenvalue weighted by Gasteiger charge is -2.32. The fraction of sp³-hybridized carbons (Fsp3) is 0.931. The van der Waals surface area contributed by atoms with Gasteiger partial charge in [0.2, 0.25) is 11.8 Å². The molecule has 0 heterocycles. The van der Waals surface area contributed by atoms with Gasteiger partial charge in [-0.2, -0.15) is 0 Å². The Bertz CT molecular complexity index is 1130. The Morgan fingerprint density at radius 1 is 0.403 bits per heavy atom. The average Bonchev–Trinajstić information content (AvgIpc) is 3.33. The third-order valence-corrected chi connectivity index (χ3v) is 14.1. The van der Waals surface area contributed by atoms with Crippen LogP contribution in [0.3, 0.4) is 0 Å². The Kier molecular flexibility index (Phi) is 47.3. The summed E-state index contributed by atoms with van der Waals surface area (Å²) >= 11 is 0. The summed E-state index contributed by atoms with van der Waals surface area (Å²) in [5.41, 5.74) is 0.